The van der Waals surface area contributed by atoms with Crippen molar-refractivity contribution in [3.8, 4) is 0 Å². The van der Waals surface area contributed by atoms with Gasteiger partial charge in [0, 0.05) is 5.92 Å². The van der Waals surface area contributed by atoms with Crippen LogP contribution in [0.5, 0.6) is 0 Å². The second-order valence-corrected chi connectivity index (χ2v) is 2.42. The summed E-state index contributed by atoms with van der Waals surface area (Å²) in [6.45, 7) is 4.20. The van der Waals surface area contributed by atoms with Crippen molar-refractivity contribution in [1.82, 2.24) is 4.98 Å². The van der Waals surface area contributed by atoms with Gasteiger partial charge in [-0.3, -0.25) is 0 Å². The Morgan fingerprint density at radius 2 is 2.50 bits per heavy atom. The number of anilines is 1. The third-order valence-electron chi connectivity index (χ3n) is 1.66. The van der Waals surface area contributed by atoms with E-state index in [1.807, 2.05) is 0 Å². The van der Waals surface area contributed by atoms with Gasteiger partial charge in [-0.05, 0) is 6.42 Å². The Labute approximate surface area is 60.2 Å². The predicted octanol–water partition coefficient (Wildman–Crippen LogP) is 1.77. The van der Waals surface area contributed by atoms with E-state index in [-0.39, 0.29) is 6.01 Å². The molecule has 0 bridgehead atoms. The molecule has 0 radical (unpaired) electrons. The highest BCUT2D eigenvalue weighted by Gasteiger charge is 2.06. The number of nitrogens with two attached hydrogens (primary N) is 1. The van der Waals surface area contributed by atoms with Crippen LogP contribution in [0.2, 0.25) is 0 Å². The van der Waals surface area contributed by atoms with Gasteiger partial charge in [0.25, 0.3) is 6.01 Å². The van der Waals surface area contributed by atoms with E-state index in [4.69, 9.17) is 10.2 Å². The van der Waals surface area contributed by atoms with Gasteiger partial charge in [-0.1, -0.05) is 13.8 Å². The first-order chi connectivity index (χ1) is 4.74. The molecule has 0 aliphatic heterocycles. The van der Waals surface area contributed by atoms with Crippen molar-refractivity contribution in [1.29, 1.82) is 0 Å². The molecule has 0 aliphatic carbocycles. The minimum atomic E-state index is 0.260. The number of rotatable bonds is 2. The molecule has 1 unspecified atom stereocenters. The Hall–Kier alpha value is -0.990. The molecule has 0 saturated carbocycles. The molecule has 3 heteroatoms. The molecule has 0 amide bonds. The summed E-state index contributed by atoms with van der Waals surface area (Å²) in [6.07, 6.45) is 2.68. The molecule has 0 aliphatic rings. The van der Waals surface area contributed by atoms with Crippen LogP contribution in [0.4, 0.5) is 6.01 Å². The zero-order chi connectivity index (χ0) is 7.56. The Balaban J connectivity index is 2.74. The minimum absolute atomic E-state index is 0.260. The molecule has 0 aromatic carbocycles. The van der Waals surface area contributed by atoms with Gasteiger partial charge in [-0.2, -0.15) is 4.98 Å². The average Bonchev–Trinajstić information content (AvgIpc) is 2.34. The highest BCUT2D eigenvalue weighted by molar-refractivity contribution is 5.14. The van der Waals surface area contributed by atoms with Crippen LogP contribution in [0.25, 0.3) is 0 Å². The Kier molecular flexibility index (Phi) is 1.94. The largest absolute Gasteiger partial charge is 0.432 e. The second kappa shape index (κ2) is 2.73. The third-order valence-corrected chi connectivity index (χ3v) is 1.66. The van der Waals surface area contributed by atoms with Crippen molar-refractivity contribution in [2.45, 2.75) is 26.2 Å². The summed E-state index contributed by atoms with van der Waals surface area (Å²) in [5, 5.41) is 0. The highest BCUT2D eigenvalue weighted by Crippen LogP contribution is 2.17. The van der Waals surface area contributed by atoms with Crippen molar-refractivity contribution in [3.05, 3.63) is 12.0 Å². The predicted molar refractivity (Wildman–Crippen MR) is 39.6 cm³/mol. The normalized spacial score (nSPS) is 13.4. The van der Waals surface area contributed by atoms with E-state index in [2.05, 4.69) is 18.8 Å². The third kappa shape index (κ3) is 1.29. The molecule has 3 nitrogen and oxygen atoms in total. The lowest BCUT2D eigenvalue weighted by atomic mass is 10.1. The fraction of sp³-hybridized carbons (Fsp3) is 0.571. The summed E-state index contributed by atoms with van der Waals surface area (Å²) < 4.78 is 4.85. The average molecular weight is 140 g/mol. The summed E-state index contributed by atoms with van der Waals surface area (Å²) in [7, 11) is 0. The first-order valence-corrected chi connectivity index (χ1v) is 3.45. The lowest BCUT2D eigenvalue weighted by Gasteiger charge is -1.99. The Morgan fingerprint density at radius 1 is 1.80 bits per heavy atom. The maximum Gasteiger partial charge on any atom is 0.292 e. The standard InChI is InChI=1S/C7H12N2O/c1-3-5(2)6-4-10-7(8)9-6/h4-5H,3H2,1-2H3,(H2,8,9). The molecule has 1 aromatic heterocycles. The minimum Gasteiger partial charge on any atom is -0.432 e. The topological polar surface area (TPSA) is 52.0 Å². The molecule has 10 heavy (non-hydrogen) atoms. The maximum atomic E-state index is 5.29. The maximum absolute atomic E-state index is 5.29. The molecular formula is C7H12N2O. The second-order valence-electron chi connectivity index (χ2n) is 2.42. The Morgan fingerprint density at radius 3 is 2.90 bits per heavy atom. The number of aromatic nitrogens is 1. The van der Waals surface area contributed by atoms with E-state index in [9.17, 15) is 0 Å². The fourth-order valence-corrected chi connectivity index (χ4v) is 0.736. The van der Waals surface area contributed by atoms with Crippen molar-refractivity contribution in [3.63, 3.8) is 0 Å². The summed E-state index contributed by atoms with van der Waals surface area (Å²) in [6, 6.07) is 0.260. The molecule has 0 spiro atoms. The van der Waals surface area contributed by atoms with Gasteiger partial charge in [0.05, 0.1) is 5.69 Å². The van der Waals surface area contributed by atoms with Crippen molar-refractivity contribution >= 4 is 6.01 Å². The van der Waals surface area contributed by atoms with E-state index < -0.39 is 0 Å². The van der Waals surface area contributed by atoms with E-state index in [0.29, 0.717) is 5.92 Å². The number of nitrogen functional groups attached to an aromatic ring is 1. The molecule has 1 aromatic rings. The van der Waals surface area contributed by atoms with Crippen molar-refractivity contribution < 1.29 is 4.42 Å². The zero-order valence-corrected chi connectivity index (χ0v) is 6.29. The monoisotopic (exact) mass is 140 g/mol. The molecular weight excluding hydrogens is 128 g/mol. The van der Waals surface area contributed by atoms with Crippen LogP contribution >= 0.6 is 0 Å². The summed E-state index contributed by atoms with van der Waals surface area (Å²) in [5.74, 6) is 0.445. The van der Waals surface area contributed by atoms with Gasteiger partial charge in [-0.25, -0.2) is 0 Å². The van der Waals surface area contributed by atoms with Gasteiger partial charge in [0.15, 0.2) is 0 Å². The van der Waals surface area contributed by atoms with E-state index in [0.717, 1.165) is 12.1 Å². The zero-order valence-electron chi connectivity index (χ0n) is 6.29. The van der Waals surface area contributed by atoms with Crippen LogP contribution < -0.4 is 5.73 Å². The number of nitrogens with zero attached hydrogens (tertiary/aromatic N) is 1. The van der Waals surface area contributed by atoms with Crippen molar-refractivity contribution in [2.75, 3.05) is 5.73 Å². The first-order valence-electron chi connectivity index (χ1n) is 3.45. The molecule has 0 saturated heterocycles. The molecule has 1 rings (SSSR count). The van der Waals surface area contributed by atoms with E-state index in [1.165, 1.54) is 0 Å². The number of hydrogen-bond acceptors (Lipinski definition) is 3. The van der Waals surface area contributed by atoms with Crippen LogP contribution in [0, 0.1) is 0 Å². The number of oxazole rings is 1. The smallest absolute Gasteiger partial charge is 0.292 e. The first kappa shape index (κ1) is 7.12. The van der Waals surface area contributed by atoms with E-state index >= 15 is 0 Å². The van der Waals surface area contributed by atoms with Crippen LogP contribution in [0.1, 0.15) is 31.9 Å². The van der Waals surface area contributed by atoms with Gasteiger partial charge in [-0.15, -0.1) is 0 Å². The van der Waals surface area contributed by atoms with E-state index in [1.54, 1.807) is 6.26 Å². The van der Waals surface area contributed by atoms with Crippen LogP contribution in [-0.4, -0.2) is 4.98 Å². The lowest BCUT2D eigenvalue weighted by molar-refractivity contribution is 0.574. The fourth-order valence-electron chi connectivity index (χ4n) is 0.736. The number of hydrogen-bond donors (Lipinski definition) is 1. The highest BCUT2D eigenvalue weighted by atomic mass is 16.4. The van der Waals surface area contributed by atoms with Gasteiger partial charge < -0.3 is 10.2 Å². The SMILES string of the molecule is CCC(C)c1coc(N)n1. The van der Waals surface area contributed by atoms with Crippen LogP contribution in [0.3, 0.4) is 0 Å². The Bertz CT molecular complexity index is 207. The summed E-state index contributed by atoms with van der Waals surface area (Å²) in [4.78, 5) is 3.99. The molecule has 0 fully saturated rings. The summed E-state index contributed by atoms with van der Waals surface area (Å²) in [5.41, 5.74) is 6.24. The van der Waals surface area contributed by atoms with Gasteiger partial charge in [0.1, 0.15) is 6.26 Å². The van der Waals surface area contributed by atoms with Gasteiger partial charge >= 0.3 is 0 Å². The quantitative estimate of drug-likeness (QED) is 0.681. The van der Waals surface area contributed by atoms with Crippen molar-refractivity contribution in [2.24, 2.45) is 0 Å². The van der Waals surface area contributed by atoms with Crippen LogP contribution in [0.15, 0.2) is 10.7 Å². The molecule has 56 valence electrons. The van der Waals surface area contributed by atoms with Gasteiger partial charge in [0.2, 0.25) is 0 Å². The lowest BCUT2D eigenvalue weighted by Crippen LogP contribution is -1.91. The van der Waals surface area contributed by atoms with Crippen LogP contribution in [-0.2, 0) is 0 Å². The molecule has 1 atom stereocenters. The summed E-state index contributed by atoms with van der Waals surface area (Å²) >= 11 is 0. The molecule has 2 N–H and O–H groups in total. The molecule has 1 heterocycles.